The molecular formula is C10H19NO. The molecule has 0 fully saturated rings. The molecule has 1 atom stereocenters. The van der Waals surface area contributed by atoms with E-state index in [1.165, 1.54) is 0 Å². The molecule has 0 aromatic rings. The first kappa shape index (κ1) is 11.5. The van der Waals surface area contributed by atoms with Gasteiger partial charge in [0.2, 0.25) is 0 Å². The summed E-state index contributed by atoms with van der Waals surface area (Å²) < 4.78 is 0. The fourth-order valence-corrected chi connectivity index (χ4v) is 0.976. The van der Waals surface area contributed by atoms with Gasteiger partial charge in [0, 0.05) is 6.42 Å². The van der Waals surface area contributed by atoms with E-state index in [1.807, 2.05) is 20.9 Å². The first-order chi connectivity index (χ1) is 5.62. The first-order valence-corrected chi connectivity index (χ1v) is 4.39. The predicted molar refractivity (Wildman–Crippen MR) is 51.9 cm³/mol. The van der Waals surface area contributed by atoms with Crippen LogP contribution in [0.5, 0.6) is 0 Å². The lowest BCUT2D eigenvalue weighted by Gasteiger charge is -2.21. The Morgan fingerprint density at radius 1 is 1.42 bits per heavy atom. The Kier molecular flexibility index (Phi) is 5.79. The molecule has 12 heavy (non-hydrogen) atoms. The monoisotopic (exact) mass is 169 g/mol. The van der Waals surface area contributed by atoms with Crippen LogP contribution in [0.25, 0.3) is 0 Å². The number of nitrogens with one attached hydrogen (secondary N) is 1. The van der Waals surface area contributed by atoms with Gasteiger partial charge in [-0.1, -0.05) is 0 Å². The van der Waals surface area contributed by atoms with Crippen molar-refractivity contribution in [1.29, 1.82) is 0 Å². The highest BCUT2D eigenvalue weighted by atomic mass is 16.3. The van der Waals surface area contributed by atoms with Gasteiger partial charge in [-0.3, -0.25) is 0 Å². The Morgan fingerprint density at radius 3 is 2.58 bits per heavy atom. The highest BCUT2D eigenvalue weighted by Crippen LogP contribution is 2.15. The highest BCUT2D eigenvalue weighted by Gasteiger charge is 2.17. The summed E-state index contributed by atoms with van der Waals surface area (Å²) in [5.41, 5.74) is -0.563. The molecule has 0 amide bonds. The van der Waals surface area contributed by atoms with Crippen molar-refractivity contribution in [1.82, 2.24) is 5.32 Å². The zero-order valence-electron chi connectivity index (χ0n) is 8.28. The van der Waals surface area contributed by atoms with E-state index in [0.717, 1.165) is 25.8 Å². The molecule has 0 spiro atoms. The van der Waals surface area contributed by atoms with Gasteiger partial charge >= 0.3 is 0 Å². The van der Waals surface area contributed by atoms with Gasteiger partial charge in [0.25, 0.3) is 0 Å². The standard InChI is InChI=1S/C10H19NO/c1-4-5-6-7-10(2,12)8-9-11-3/h11-12H,6-9H2,1-3H3. The van der Waals surface area contributed by atoms with Crippen LogP contribution in [0.4, 0.5) is 0 Å². The number of hydrogen-bond acceptors (Lipinski definition) is 2. The molecule has 0 saturated carbocycles. The summed E-state index contributed by atoms with van der Waals surface area (Å²) in [5, 5.41) is 12.8. The van der Waals surface area contributed by atoms with Gasteiger partial charge in [-0.05, 0) is 40.3 Å². The third-order valence-corrected chi connectivity index (χ3v) is 1.88. The van der Waals surface area contributed by atoms with E-state index in [1.54, 1.807) is 0 Å². The van der Waals surface area contributed by atoms with Crippen molar-refractivity contribution in [3.05, 3.63) is 0 Å². The molecule has 70 valence electrons. The van der Waals surface area contributed by atoms with Crippen molar-refractivity contribution in [3.63, 3.8) is 0 Å². The summed E-state index contributed by atoms with van der Waals surface area (Å²) in [5.74, 6) is 5.77. The van der Waals surface area contributed by atoms with Crippen LogP contribution in [-0.2, 0) is 0 Å². The van der Waals surface area contributed by atoms with Gasteiger partial charge in [-0.15, -0.1) is 11.8 Å². The van der Waals surface area contributed by atoms with Crippen molar-refractivity contribution >= 4 is 0 Å². The smallest absolute Gasteiger partial charge is 0.0641 e. The van der Waals surface area contributed by atoms with Crippen molar-refractivity contribution < 1.29 is 5.11 Å². The number of aliphatic hydroxyl groups is 1. The molecule has 0 radical (unpaired) electrons. The Bertz CT molecular complexity index is 164. The highest BCUT2D eigenvalue weighted by molar-refractivity contribution is 4.96. The minimum atomic E-state index is -0.563. The topological polar surface area (TPSA) is 32.3 Å². The third kappa shape index (κ3) is 6.21. The van der Waals surface area contributed by atoms with Crippen molar-refractivity contribution in [2.24, 2.45) is 0 Å². The lowest BCUT2D eigenvalue weighted by Crippen LogP contribution is -2.28. The molecule has 0 saturated heterocycles. The zero-order chi connectivity index (χ0) is 9.45. The van der Waals surface area contributed by atoms with Gasteiger partial charge in [0.15, 0.2) is 0 Å². The molecule has 2 nitrogen and oxygen atoms in total. The summed E-state index contributed by atoms with van der Waals surface area (Å²) >= 11 is 0. The van der Waals surface area contributed by atoms with Crippen LogP contribution in [0.1, 0.15) is 33.1 Å². The average molecular weight is 169 g/mol. The van der Waals surface area contributed by atoms with Crippen molar-refractivity contribution in [2.75, 3.05) is 13.6 Å². The van der Waals surface area contributed by atoms with Crippen molar-refractivity contribution in [2.45, 2.75) is 38.7 Å². The first-order valence-electron chi connectivity index (χ1n) is 4.39. The molecule has 0 aliphatic carbocycles. The lowest BCUT2D eigenvalue weighted by atomic mass is 9.96. The van der Waals surface area contributed by atoms with E-state index < -0.39 is 5.60 Å². The molecular weight excluding hydrogens is 150 g/mol. The fraction of sp³-hybridized carbons (Fsp3) is 0.800. The van der Waals surface area contributed by atoms with Gasteiger partial charge in [-0.2, -0.15) is 0 Å². The predicted octanol–water partition coefficient (Wildman–Crippen LogP) is 1.15. The molecule has 0 aliphatic rings. The summed E-state index contributed by atoms with van der Waals surface area (Å²) in [4.78, 5) is 0. The van der Waals surface area contributed by atoms with E-state index in [0.29, 0.717) is 0 Å². The minimum absolute atomic E-state index is 0.563. The number of rotatable bonds is 5. The van der Waals surface area contributed by atoms with Crippen LogP contribution in [0.3, 0.4) is 0 Å². The van der Waals surface area contributed by atoms with E-state index in [-0.39, 0.29) is 0 Å². The Hall–Kier alpha value is -0.520. The Morgan fingerprint density at radius 2 is 2.08 bits per heavy atom. The van der Waals surface area contributed by atoms with E-state index in [4.69, 9.17) is 0 Å². The van der Waals surface area contributed by atoms with Crippen LogP contribution in [0.15, 0.2) is 0 Å². The maximum atomic E-state index is 9.76. The van der Waals surface area contributed by atoms with Crippen LogP contribution >= 0.6 is 0 Å². The lowest BCUT2D eigenvalue weighted by molar-refractivity contribution is 0.0443. The second-order valence-corrected chi connectivity index (χ2v) is 3.28. The zero-order valence-corrected chi connectivity index (χ0v) is 8.28. The Labute approximate surface area is 75.4 Å². The van der Waals surface area contributed by atoms with Crippen LogP contribution in [0, 0.1) is 11.8 Å². The van der Waals surface area contributed by atoms with E-state index >= 15 is 0 Å². The SMILES string of the molecule is CC#CCCC(C)(O)CCNC. The molecule has 0 bridgehead atoms. The number of hydrogen-bond donors (Lipinski definition) is 2. The summed E-state index contributed by atoms with van der Waals surface area (Å²) in [6.07, 6.45) is 2.33. The van der Waals surface area contributed by atoms with E-state index in [2.05, 4.69) is 17.2 Å². The normalized spacial score (nSPS) is 14.7. The van der Waals surface area contributed by atoms with Gasteiger partial charge < -0.3 is 10.4 Å². The van der Waals surface area contributed by atoms with Gasteiger partial charge in [0.05, 0.1) is 5.60 Å². The van der Waals surface area contributed by atoms with Crippen LogP contribution in [0.2, 0.25) is 0 Å². The molecule has 0 heterocycles. The quantitative estimate of drug-likeness (QED) is 0.605. The van der Waals surface area contributed by atoms with Gasteiger partial charge in [0.1, 0.15) is 0 Å². The third-order valence-electron chi connectivity index (χ3n) is 1.88. The molecule has 1 unspecified atom stereocenters. The summed E-state index contributed by atoms with van der Waals surface area (Å²) in [7, 11) is 1.89. The molecule has 0 aliphatic heterocycles. The Balaban J connectivity index is 3.60. The molecule has 2 N–H and O–H groups in total. The summed E-state index contributed by atoms with van der Waals surface area (Å²) in [6, 6.07) is 0. The second-order valence-electron chi connectivity index (χ2n) is 3.28. The largest absolute Gasteiger partial charge is 0.390 e. The second kappa shape index (κ2) is 6.05. The molecule has 0 aromatic heterocycles. The van der Waals surface area contributed by atoms with Gasteiger partial charge in [-0.25, -0.2) is 0 Å². The van der Waals surface area contributed by atoms with E-state index in [9.17, 15) is 5.11 Å². The maximum Gasteiger partial charge on any atom is 0.0641 e. The van der Waals surface area contributed by atoms with Crippen LogP contribution < -0.4 is 5.32 Å². The minimum Gasteiger partial charge on any atom is -0.390 e. The maximum absolute atomic E-state index is 9.76. The summed E-state index contributed by atoms with van der Waals surface area (Å²) in [6.45, 7) is 4.54. The molecule has 0 rings (SSSR count). The van der Waals surface area contributed by atoms with Crippen LogP contribution in [-0.4, -0.2) is 24.3 Å². The molecule has 0 aromatic carbocycles. The van der Waals surface area contributed by atoms with Crippen molar-refractivity contribution in [3.8, 4) is 11.8 Å². The molecule has 2 heteroatoms. The fourth-order valence-electron chi connectivity index (χ4n) is 0.976. The average Bonchev–Trinajstić information content (AvgIpc) is 2.01.